The van der Waals surface area contributed by atoms with Crippen molar-refractivity contribution in [2.24, 2.45) is 0 Å². The minimum atomic E-state index is 0.246. The van der Waals surface area contributed by atoms with E-state index in [1.165, 1.54) is 25.7 Å². The van der Waals surface area contributed by atoms with E-state index in [4.69, 9.17) is 18.9 Å². The maximum atomic E-state index is 5.32. The highest BCUT2D eigenvalue weighted by molar-refractivity contribution is 4.59. The van der Waals surface area contributed by atoms with Crippen LogP contribution < -0.4 is 0 Å². The van der Waals surface area contributed by atoms with Crippen LogP contribution in [0.25, 0.3) is 0 Å². The summed E-state index contributed by atoms with van der Waals surface area (Å²) in [6.45, 7) is 1.38. The van der Waals surface area contributed by atoms with Gasteiger partial charge in [-0.2, -0.15) is 0 Å². The van der Waals surface area contributed by atoms with E-state index in [0.29, 0.717) is 13.2 Å². The van der Waals surface area contributed by atoms with Gasteiger partial charge in [-0.25, -0.2) is 0 Å². The Kier molecular flexibility index (Phi) is 13.2. The third-order valence-electron chi connectivity index (χ3n) is 3.17. The van der Waals surface area contributed by atoms with E-state index in [2.05, 4.69) is 0 Å². The van der Waals surface area contributed by atoms with E-state index in [9.17, 15) is 0 Å². The molecule has 0 aromatic carbocycles. The first-order valence-corrected chi connectivity index (χ1v) is 6.81. The number of unbranched alkanes of at least 4 members (excludes halogenated alkanes) is 3. The van der Waals surface area contributed by atoms with Gasteiger partial charge in [-0.1, -0.05) is 25.7 Å². The van der Waals surface area contributed by atoms with Crippen LogP contribution in [0.2, 0.25) is 0 Å². The number of ether oxygens (including phenoxy) is 4. The van der Waals surface area contributed by atoms with E-state index in [1.54, 1.807) is 28.4 Å². The van der Waals surface area contributed by atoms with Gasteiger partial charge in [0.05, 0.1) is 25.4 Å². The Hall–Kier alpha value is -0.160. The molecule has 2 atom stereocenters. The van der Waals surface area contributed by atoms with Crippen LogP contribution in [0.15, 0.2) is 0 Å². The molecule has 0 rings (SSSR count). The number of rotatable bonds is 13. The van der Waals surface area contributed by atoms with Crippen molar-refractivity contribution < 1.29 is 18.9 Å². The molecule has 4 nitrogen and oxygen atoms in total. The highest BCUT2D eigenvalue weighted by Gasteiger charge is 2.07. The van der Waals surface area contributed by atoms with Crippen LogP contribution in [-0.4, -0.2) is 53.9 Å². The molecule has 0 aromatic heterocycles. The fraction of sp³-hybridized carbons (Fsp3) is 1.00. The Balaban J connectivity index is 3.38. The van der Waals surface area contributed by atoms with Crippen molar-refractivity contribution in [1.29, 1.82) is 0 Å². The molecular formula is C14H30O4. The maximum Gasteiger partial charge on any atom is 0.0804 e. The zero-order valence-corrected chi connectivity index (χ0v) is 12.4. The molecule has 0 aromatic rings. The topological polar surface area (TPSA) is 36.9 Å². The van der Waals surface area contributed by atoms with Gasteiger partial charge in [-0.3, -0.25) is 0 Å². The van der Waals surface area contributed by atoms with Crippen LogP contribution >= 0.6 is 0 Å². The number of hydrogen-bond acceptors (Lipinski definition) is 4. The summed E-state index contributed by atoms with van der Waals surface area (Å²) in [5.74, 6) is 0. The lowest BCUT2D eigenvalue weighted by Crippen LogP contribution is -2.17. The molecule has 110 valence electrons. The SMILES string of the molecule is COCC(CCCCCCC(COC)OC)OC. The monoisotopic (exact) mass is 262 g/mol. The molecule has 0 aliphatic rings. The summed E-state index contributed by atoms with van der Waals surface area (Å²) in [5.41, 5.74) is 0. The van der Waals surface area contributed by atoms with Crippen molar-refractivity contribution in [3.05, 3.63) is 0 Å². The van der Waals surface area contributed by atoms with Crippen molar-refractivity contribution in [3.8, 4) is 0 Å². The standard InChI is InChI=1S/C14H30O4/c1-15-11-13(17-3)9-7-5-6-8-10-14(18-4)12-16-2/h13-14H,5-12H2,1-4H3. The Morgan fingerprint density at radius 3 is 1.28 bits per heavy atom. The summed E-state index contributed by atoms with van der Waals surface area (Å²) in [6, 6.07) is 0. The van der Waals surface area contributed by atoms with Gasteiger partial charge >= 0.3 is 0 Å². The Bertz CT molecular complexity index is 146. The highest BCUT2D eigenvalue weighted by atomic mass is 16.5. The predicted molar refractivity (Wildman–Crippen MR) is 73.0 cm³/mol. The lowest BCUT2D eigenvalue weighted by atomic mass is 10.1. The van der Waals surface area contributed by atoms with Gasteiger partial charge in [0.15, 0.2) is 0 Å². The quantitative estimate of drug-likeness (QED) is 0.478. The van der Waals surface area contributed by atoms with Crippen molar-refractivity contribution >= 4 is 0 Å². The summed E-state index contributed by atoms with van der Waals surface area (Å²) in [5, 5.41) is 0. The van der Waals surface area contributed by atoms with Crippen molar-refractivity contribution in [2.75, 3.05) is 41.7 Å². The van der Waals surface area contributed by atoms with Crippen LogP contribution in [0.4, 0.5) is 0 Å². The second-order valence-corrected chi connectivity index (χ2v) is 4.62. The lowest BCUT2D eigenvalue weighted by Gasteiger charge is -2.15. The molecule has 2 unspecified atom stereocenters. The molecule has 0 aliphatic heterocycles. The lowest BCUT2D eigenvalue weighted by molar-refractivity contribution is 0.0198. The summed E-state index contributed by atoms with van der Waals surface area (Å²) < 4.78 is 20.8. The van der Waals surface area contributed by atoms with Crippen LogP contribution in [0.1, 0.15) is 38.5 Å². The van der Waals surface area contributed by atoms with E-state index >= 15 is 0 Å². The fourth-order valence-corrected chi connectivity index (χ4v) is 2.01. The van der Waals surface area contributed by atoms with E-state index in [-0.39, 0.29) is 12.2 Å². The Labute approximate surface area is 112 Å². The zero-order valence-electron chi connectivity index (χ0n) is 12.4. The Morgan fingerprint density at radius 2 is 1.00 bits per heavy atom. The van der Waals surface area contributed by atoms with Crippen LogP contribution in [0, 0.1) is 0 Å². The molecule has 18 heavy (non-hydrogen) atoms. The molecule has 4 heteroatoms. The Morgan fingerprint density at radius 1 is 0.611 bits per heavy atom. The summed E-state index contributed by atoms with van der Waals surface area (Å²) in [4.78, 5) is 0. The highest BCUT2D eigenvalue weighted by Crippen LogP contribution is 2.11. The minimum Gasteiger partial charge on any atom is -0.382 e. The molecular weight excluding hydrogens is 232 g/mol. The third kappa shape index (κ3) is 9.83. The normalized spacial score (nSPS) is 14.7. The molecule has 0 heterocycles. The molecule has 0 radical (unpaired) electrons. The van der Waals surface area contributed by atoms with Crippen LogP contribution in [-0.2, 0) is 18.9 Å². The molecule has 0 fully saturated rings. The van der Waals surface area contributed by atoms with Crippen molar-refractivity contribution in [3.63, 3.8) is 0 Å². The molecule has 0 amide bonds. The van der Waals surface area contributed by atoms with Gasteiger partial charge in [0.2, 0.25) is 0 Å². The van der Waals surface area contributed by atoms with E-state index in [1.807, 2.05) is 0 Å². The van der Waals surface area contributed by atoms with Crippen LogP contribution in [0.3, 0.4) is 0 Å². The molecule has 0 spiro atoms. The second-order valence-electron chi connectivity index (χ2n) is 4.62. The van der Waals surface area contributed by atoms with Gasteiger partial charge in [-0.15, -0.1) is 0 Å². The molecule has 0 bridgehead atoms. The van der Waals surface area contributed by atoms with Gasteiger partial charge < -0.3 is 18.9 Å². The first-order valence-electron chi connectivity index (χ1n) is 6.81. The third-order valence-corrected chi connectivity index (χ3v) is 3.17. The van der Waals surface area contributed by atoms with E-state index in [0.717, 1.165) is 12.8 Å². The smallest absolute Gasteiger partial charge is 0.0804 e. The van der Waals surface area contributed by atoms with Gasteiger partial charge in [-0.05, 0) is 12.8 Å². The molecule has 0 saturated carbocycles. The van der Waals surface area contributed by atoms with Crippen molar-refractivity contribution in [1.82, 2.24) is 0 Å². The van der Waals surface area contributed by atoms with Crippen molar-refractivity contribution in [2.45, 2.75) is 50.7 Å². The summed E-state index contributed by atoms with van der Waals surface area (Å²) in [6.07, 6.45) is 7.53. The second kappa shape index (κ2) is 13.3. The molecule has 0 saturated heterocycles. The van der Waals surface area contributed by atoms with Gasteiger partial charge in [0.1, 0.15) is 0 Å². The minimum absolute atomic E-state index is 0.246. The number of methoxy groups -OCH3 is 4. The largest absolute Gasteiger partial charge is 0.382 e. The number of hydrogen-bond donors (Lipinski definition) is 0. The maximum absolute atomic E-state index is 5.32. The molecule has 0 N–H and O–H groups in total. The summed E-state index contributed by atoms with van der Waals surface area (Å²) in [7, 11) is 6.93. The first kappa shape index (κ1) is 17.8. The first-order chi connectivity index (χ1) is 8.78. The summed E-state index contributed by atoms with van der Waals surface area (Å²) >= 11 is 0. The average molecular weight is 262 g/mol. The molecule has 0 aliphatic carbocycles. The van der Waals surface area contributed by atoms with Crippen LogP contribution in [0.5, 0.6) is 0 Å². The van der Waals surface area contributed by atoms with Gasteiger partial charge in [0, 0.05) is 28.4 Å². The predicted octanol–water partition coefficient (Wildman–Crippen LogP) is 2.65. The zero-order chi connectivity index (χ0) is 13.6. The average Bonchev–Trinajstić information content (AvgIpc) is 2.39. The van der Waals surface area contributed by atoms with Gasteiger partial charge in [0.25, 0.3) is 0 Å². The van der Waals surface area contributed by atoms with E-state index < -0.39 is 0 Å². The fourth-order valence-electron chi connectivity index (χ4n) is 2.01.